The summed E-state index contributed by atoms with van der Waals surface area (Å²) in [7, 11) is 0. The van der Waals surface area contributed by atoms with Crippen molar-refractivity contribution in [3.8, 4) is 11.5 Å². The van der Waals surface area contributed by atoms with Gasteiger partial charge in [-0.1, -0.05) is 29.4 Å². The fourth-order valence-electron chi connectivity index (χ4n) is 1.79. The lowest BCUT2D eigenvalue weighted by Crippen LogP contribution is -1.98. The Balaban J connectivity index is 1.92. The Hall–Kier alpha value is -2.49. The van der Waals surface area contributed by atoms with Crippen molar-refractivity contribution in [2.45, 2.75) is 20.0 Å². The van der Waals surface area contributed by atoms with E-state index in [0.717, 1.165) is 16.9 Å². The molecule has 2 rings (SSSR count). The van der Waals surface area contributed by atoms with Crippen LogP contribution in [0.2, 0.25) is 0 Å². The van der Waals surface area contributed by atoms with Crippen LogP contribution in [0.15, 0.2) is 53.7 Å². The maximum absolute atomic E-state index is 9.20. The van der Waals surface area contributed by atoms with E-state index in [2.05, 4.69) is 5.16 Å². The first kappa shape index (κ1) is 13.9. The highest BCUT2D eigenvalue weighted by atomic mass is 16.5. The number of benzene rings is 2. The molecule has 2 N–H and O–H groups in total. The molecule has 104 valence electrons. The predicted octanol–water partition coefficient (Wildman–Crippen LogP) is 3.36. The van der Waals surface area contributed by atoms with E-state index in [9.17, 15) is 5.11 Å². The van der Waals surface area contributed by atoms with Crippen LogP contribution in [0.5, 0.6) is 11.5 Å². The molecule has 0 atom stereocenters. The van der Waals surface area contributed by atoms with Gasteiger partial charge in [-0.3, -0.25) is 0 Å². The molecule has 0 aromatic heterocycles. The summed E-state index contributed by atoms with van der Waals surface area (Å²) in [6, 6.07) is 14.6. The minimum atomic E-state index is 0.249. The van der Waals surface area contributed by atoms with E-state index < -0.39 is 0 Å². The van der Waals surface area contributed by atoms with E-state index in [1.54, 1.807) is 19.1 Å². The SMILES string of the molecule is C/C(Cc1ccc(OCc2ccc(O)cc2)cc1)=N/O. The maximum Gasteiger partial charge on any atom is 0.119 e. The lowest BCUT2D eigenvalue weighted by molar-refractivity contribution is 0.306. The van der Waals surface area contributed by atoms with Crippen LogP contribution in [-0.4, -0.2) is 16.0 Å². The van der Waals surface area contributed by atoms with Gasteiger partial charge in [0.1, 0.15) is 18.1 Å². The molecule has 2 aromatic rings. The molecule has 0 aliphatic rings. The van der Waals surface area contributed by atoms with Crippen LogP contribution in [0.25, 0.3) is 0 Å². The zero-order chi connectivity index (χ0) is 14.4. The number of phenolic OH excluding ortho intramolecular Hbond substituents is 1. The van der Waals surface area contributed by atoms with Gasteiger partial charge in [0.2, 0.25) is 0 Å². The summed E-state index contributed by atoms with van der Waals surface area (Å²) >= 11 is 0. The quantitative estimate of drug-likeness (QED) is 0.498. The van der Waals surface area contributed by atoms with Gasteiger partial charge in [0.05, 0.1) is 5.71 Å². The maximum atomic E-state index is 9.20. The molecule has 0 unspecified atom stereocenters. The van der Waals surface area contributed by atoms with Gasteiger partial charge >= 0.3 is 0 Å². The van der Waals surface area contributed by atoms with E-state index in [0.29, 0.717) is 18.7 Å². The Bertz CT molecular complexity index is 574. The number of hydrogen-bond donors (Lipinski definition) is 2. The summed E-state index contributed by atoms with van der Waals surface area (Å²) < 4.78 is 5.66. The smallest absolute Gasteiger partial charge is 0.119 e. The minimum Gasteiger partial charge on any atom is -0.508 e. The van der Waals surface area contributed by atoms with Gasteiger partial charge in [0, 0.05) is 6.42 Å². The Kier molecular flexibility index (Phi) is 4.60. The molecule has 0 saturated heterocycles. The third kappa shape index (κ3) is 4.02. The van der Waals surface area contributed by atoms with Crippen molar-refractivity contribution in [2.24, 2.45) is 5.16 Å². The largest absolute Gasteiger partial charge is 0.508 e. The summed E-state index contributed by atoms with van der Waals surface area (Å²) in [4.78, 5) is 0. The molecule has 0 saturated carbocycles. The van der Waals surface area contributed by atoms with E-state index in [-0.39, 0.29) is 5.75 Å². The van der Waals surface area contributed by atoms with Gasteiger partial charge in [-0.25, -0.2) is 0 Å². The monoisotopic (exact) mass is 271 g/mol. The fourth-order valence-corrected chi connectivity index (χ4v) is 1.79. The van der Waals surface area contributed by atoms with Crippen molar-refractivity contribution < 1.29 is 15.1 Å². The van der Waals surface area contributed by atoms with Crippen molar-refractivity contribution in [1.82, 2.24) is 0 Å². The minimum absolute atomic E-state index is 0.249. The lowest BCUT2D eigenvalue weighted by Gasteiger charge is -2.07. The number of ether oxygens (including phenoxy) is 1. The van der Waals surface area contributed by atoms with Crippen molar-refractivity contribution in [1.29, 1.82) is 0 Å². The number of rotatable bonds is 5. The normalized spacial score (nSPS) is 11.3. The highest BCUT2D eigenvalue weighted by molar-refractivity contribution is 5.83. The first-order valence-electron chi connectivity index (χ1n) is 6.34. The standard InChI is InChI=1S/C16H17NO3/c1-12(17-19)10-13-4-8-16(9-5-13)20-11-14-2-6-15(18)7-3-14/h2-9,18-19H,10-11H2,1H3/b17-12-. The molecule has 20 heavy (non-hydrogen) atoms. The van der Waals surface area contributed by atoms with Crippen molar-refractivity contribution in [3.63, 3.8) is 0 Å². The zero-order valence-corrected chi connectivity index (χ0v) is 11.3. The molecule has 0 aliphatic carbocycles. The Morgan fingerprint density at radius 3 is 2.20 bits per heavy atom. The topological polar surface area (TPSA) is 62.0 Å². The molecular formula is C16H17NO3. The highest BCUT2D eigenvalue weighted by Gasteiger charge is 1.99. The van der Waals surface area contributed by atoms with Crippen LogP contribution in [0.3, 0.4) is 0 Å². The molecule has 0 radical (unpaired) electrons. The summed E-state index contributed by atoms with van der Waals surface area (Å²) in [5.74, 6) is 1.03. The van der Waals surface area contributed by atoms with Crippen LogP contribution in [-0.2, 0) is 13.0 Å². The molecule has 4 nitrogen and oxygen atoms in total. The van der Waals surface area contributed by atoms with Crippen LogP contribution in [0.1, 0.15) is 18.1 Å². The summed E-state index contributed by atoms with van der Waals surface area (Å²) in [5, 5.41) is 21.0. The first-order chi connectivity index (χ1) is 9.67. The van der Waals surface area contributed by atoms with E-state index in [1.807, 2.05) is 36.4 Å². The van der Waals surface area contributed by atoms with Gasteiger partial charge in [-0.05, 0) is 42.3 Å². The predicted molar refractivity (Wildman–Crippen MR) is 77.5 cm³/mol. The second-order valence-electron chi connectivity index (χ2n) is 4.61. The number of phenols is 1. The molecule has 2 aromatic carbocycles. The number of oxime groups is 1. The van der Waals surface area contributed by atoms with E-state index >= 15 is 0 Å². The van der Waals surface area contributed by atoms with E-state index in [1.165, 1.54) is 0 Å². The average Bonchev–Trinajstić information content (AvgIpc) is 2.48. The van der Waals surface area contributed by atoms with Gasteiger partial charge in [0.15, 0.2) is 0 Å². The van der Waals surface area contributed by atoms with Crippen LogP contribution < -0.4 is 4.74 Å². The fraction of sp³-hybridized carbons (Fsp3) is 0.188. The van der Waals surface area contributed by atoms with Crippen molar-refractivity contribution in [2.75, 3.05) is 0 Å². The molecule has 0 amide bonds. The molecule has 0 bridgehead atoms. The Morgan fingerprint density at radius 1 is 1.00 bits per heavy atom. The number of aromatic hydroxyl groups is 1. The molecule has 0 aliphatic heterocycles. The van der Waals surface area contributed by atoms with Crippen LogP contribution in [0.4, 0.5) is 0 Å². The van der Waals surface area contributed by atoms with Crippen LogP contribution >= 0.6 is 0 Å². The number of hydrogen-bond acceptors (Lipinski definition) is 4. The average molecular weight is 271 g/mol. The first-order valence-corrected chi connectivity index (χ1v) is 6.34. The van der Waals surface area contributed by atoms with Gasteiger partial charge < -0.3 is 15.1 Å². The number of nitrogens with zero attached hydrogens (tertiary/aromatic N) is 1. The third-order valence-corrected chi connectivity index (χ3v) is 2.90. The van der Waals surface area contributed by atoms with Gasteiger partial charge in [-0.2, -0.15) is 0 Å². The lowest BCUT2D eigenvalue weighted by atomic mass is 10.1. The molecule has 0 fully saturated rings. The second-order valence-corrected chi connectivity index (χ2v) is 4.61. The Labute approximate surface area is 117 Å². The van der Waals surface area contributed by atoms with Gasteiger partial charge in [0.25, 0.3) is 0 Å². The van der Waals surface area contributed by atoms with Crippen LogP contribution in [0, 0.1) is 0 Å². The molecule has 0 spiro atoms. The summed E-state index contributed by atoms with van der Waals surface area (Å²) in [6.45, 7) is 2.23. The zero-order valence-electron chi connectivity index (χ0n) is 11.3. The summed E-state index contributed by atoms with van der Waals surface area (Å²) in [5.41, 5.74) is 2.73. The third-order valence-electron chi connectivity index (χ3n) is 2.90. The highest BCUT2D eigenvalue weighted by Crippen LogP contribution is 2.16. The summed E-state index contributed by atoms with van der Waals surface area (Å²) in [6.07, 6.45) is 0.620. The molecule has 0 heterocycles. The van der Waals surface area contributed by atoms with E-state index in [4.69, 9.17) is 9.94 Å². The molecule has 4 heteroatoms. The second kappa shape index (κ2) is 6.61. The molecular weight excluding hydrogens is 254 g/mol. The Morgan fingerprint density at radius 2 is 1.60 bits per heavy atom. The van der Waals surface area contributed by atoms with Gasteiger partial charge in [-0.15, -0.1) is 0 Å². The van der Waals surface area contributed by atoms with Crippen molar-refractivity contribution in [3.05, 3.63) is 59.7 Å². The van der Waals surface area contributed by atoms with Crippen molar-refractivity contribution >= 4 is 5.71 Å².